The Hall–Kier alpha value is -2.49. The van der Waals surface area contributed by atoms with Crippen LogP contribution in [0.5, 0.6) is 5.75 Å². The summed E-state index contributed by atoms with van der Waals surface area (Å²) in [6.45, 7) is 10.9. The highest BCUT2D eigenvalue weighted by Gasteiger charge is 2.42. The normalized spacial score (nSPS) is 14.6. The van der Waals surface area contributed by atoms with Crippen LogP contribution in [0.2, 0.25) is 0 Å². The predicted molar refractivity (Wildman–Crippen MR) is 114 cm³/mol. The number of aliphatic hydroxyl groups is 1. The molecule has 150 valence electrons. The van der Waals surface area contributed by atoms with Crippen molar-refractivity contribution in [3.63, 3.8) is 0 Å². The smallest absolute Gasteiger partial charge is 0.147 e. The van der Waals surface area contributed by atoms with Crippen molar-refractivity contribution in [2.45, 2.75) is 52.9 Å². The number of nitrogens with zero attached hydrogens (tertiary/aromatic N) is 1. The number of anilines is 2. The third kappa shape index (κ3) is 3.05. The van der Waals surface area contributed by atoms with Crippen molar-refractivity contribution in [3.05, 3.63) is 59.4 Å². The van der Waals surface area contributed by atoms with Gasteiger partial charge in [0.2, 0.25) is 0 Å². The van der Waals surface area contributed by atoms with Crippen LogP contribution >= 0.6 is 0 Å². The quantitative estimate of drug-likeness (QED) is 0.618. The number of hydrogen-bond donors (Lipinski definition) is 2. The molecule has 2 aromatic carbocycles. The van der Waals surface area contributed by atoms with Crippen molar-refractivity contribution in [2.75, 3.05) is 11.4 Å². The molecule has 0 saturated carbocycles. The van der Waals surface area contributed by atoms with Gasteiger partial charge in [-0.05, 0) is 42.5 Å². The third-order valence-electron chi connectivity index (χ3n) is 6.45. The van der Waals surface area contributed by atoms with Crippen molar-refractivity contribution in [1.29, 1.82) is 0 Å². The number of rotatable bonds is 4. The molecule has 0 aromatic heterocycles. The summed E-state index contributed by atoms with van der Waals surface area (Å²) in [5, 5.41) is 21.1. The number of phenolic OH excluding ortho intramolecular Hbond substituents is 1. The van der Waals surface area contributed by atoms with E-state index in [1.165, 1.54) is 12.1 Å². The molecule has 0 atom stereocenters. The Bertz CT molecular complexity index is 907. The topological polar surface area (TPSA) is 43.7 Å². The largest absolute Gasteiger partial charge is 0.508 e. The van der Waals surface area contributed by atoms with Gasteiger partial charge in [-0.15, -0.1) is 0 Å². The van der Waals surface area contributed by atoms with Gasteiger partial charge in [0.25, 0.3) is 0 Å². The van der Waals surface area contributed by atoms with Crippen molar-refractivity contribution in [1.82, 2.24) is 0 Å². The maximum Gasteiger partial charge on any atom is 0.147 e. The Labute approximate surface area is 167 Å². The fraction of sp³-hybridized carbons (Fsp3) is 0.417. The molecule has 2 N–H and O–H groups in total. The maximum atomic E-state index is 15.4. The van der Waals surface area contributed by atoms with E-state index in [0.717, 1.165) is 18.5 Å². The molecule has 3 rings (SSSR count). The van der Waals surface area contributed by atoms with Crippen molar-refractivity contribution >= 4 is 17.1 Å². The molecule has 3 nitrogen and oxygen atoms in total. The lowest BCUT2D eigenvalue weighted by Crippen LogP contribution is -2.39. The Kier molecular flexibility index (Phi) is 5.18. The van der Waals surface area contributed by atoms with E-state index in [4.69, 9.17) is 0 Å². The van der Waals surface area contributed by atoms with Gasteiger partial charge in [-0.25, -0.2) is 4.39 Å². The molecule has 0 radical (unpaired) electrons. The van der Waals surface area contributed by atoms with Crippen LogP contribution in [0.1, 0.15) is 58.6 Å². The van der Waals surface area contributed by atoms with Gasteiger partial charge in [0.1, 0.15) is 17.3 Å². The molecule has 1 aliphatic rings. The second-order valence-electron chi connectivity index (χ2n) is 8.58. The highest BCUT2D eigenvalue weighted by atomic mass is 19.1. The van der Waals surface area contributed by atoms with E-state index in [-0.39, 0.29) is 28.2 Å². The molecule has 0 spiro atoms. The fourth-order valence-corrected chi connectivity index (χ4v) is 4.78. The first-order valence-electron chi connectivity index (χ1n) is 9.95. The van der Waals surface area contributed by atoms with Crippen LogP contribution in [0.25, 0.3) is 5.76 Å². The summed E-state index contributed by atoms with van der Waals surface area (Å²) < 4.78 is 15.4. The first kappa shape index (κ1) is 20.2. The summed E-state index contributed by atoms with van der Waals surface area (Å²) in [6.07, 6.45) is 3.27. The van der Waals surface area contributed by atoms with Crippen LogP contribution < -0.4 is 4.90 Å². The predicted octanol–water partition coefficient (Wildman–Crippen LogP) is 6.69. The van der Waals surface area contributed by atoms with E-state index in [0.29, 0.717) is 23.4 Å². The summed E-state index contributed by atoms with van der Waals surface area (Å²) in [7, 11) is 0. The zero-order chi connectivity index (χ0) is 20.7. The minimum Gasteiger partial charge on any atom is -0.508 e. The van der Waals surface area contributed by atoms with Gasteiger partial charge in [-0.2, -0.15) is 0 Å². The number of phenols is 1. The summed E-state index contributed by atoms with van der Waals surface area (Å²) >= 11 is 0. The second kappa shape index (κ2) is 7.16. The third-order valence-corrected chi connectivity index (χ3v) is 6.45. The van der Waals surface area contributed by atoms with Crippen LogP contribution in [-0.2, 0) is 5.41 Å². The van der Waals surface area contributed by atoms with Crippen molar-refractivity contribution < 1.29 is 14.6 Å². The number of fused-ring (bicyclic) bond motifs is 1. The van der Waals surface area contributed by atoms with E-state index in [1.54, 1.807) is 17.0 Å². The summed E-state index contributed by atoms with van der Waals surface area (Å²) in [4.78, 5) is 1.78. The molecule has 2 aromatic rings. The highest BCUT2D eigenvalue weighted by molar-refractivity contribution is 5.81. The SMILES string of the molecule is CCC(CC)(c1cc(F)c(N2CC=C(O)c3ccccc32)cc1O)C(C)(C)C. The lowest BCUT2D eigenvalue weighted by atomic mass is 9.59. The zero-order valence-electron chi connectivity index (χ0n) is 17.4. The van der Waals surface area contributed by atoms with Gasteiger partial charge in [0.15, 0.2) is 0 Å². The minimum absolute atomic E-state index is 0.117. The van der Waals surface area contributed by atoms with Crippen LogP contribution in [0.3, 0.4) is 0 Å². The van der Waals surface area contributed by atoms with Gasteiger partial charge in [-0.3, -0.25) is 0 Å². The summed E-state index contributed by atoms with van der Waals surface area (Å²) in [6, 6.07) is 10.4. The molecule has 4 heteroatoms. The van der Waals surface area contributed by atoms with Crippen LogP contribution in [0.15, 0.2) is 42.5 Å². The Balaban J connectivity index is 2.14. The van der Waals surface area contributed by atoms with Gasteiger partial charge in [-0.1, -0.05) is 46.8 Å². The summed E-state index contributed by atoms with van der Waals surface area (Å²) in [5.41, 5.74) is 1.90. The van der Waals surface area contributed by atoms with E-state index in [9.17, 15) is 10.2 Å². The molecule has 0 aliphatic carbocycles. The minimum atomic E-state index is -0.368. The first-order valence-corrected chi connectivity index (χ1v) is 9.95. The molecule has 1 aliphatic heterocycles. The highest BCUT2D eigenvalue weighted by Crippen LogP contribution is 2.51. The lowest BCUT2D eigenvalue weighted by Gasteiger charge is -2.45. The van der Waals surface area contributed by atoms with Crippen molar-refractivity contribution in [3.8, 4) is 5.75 Å². The molecular weight excluding hydrogens is 353 g/mol. The maximum absolute atomic E-state index is 15.4. The standard InChI is InChI=1S/C24H30FNO2/c1-6-24(7-2,23(3,4)5)17-14-18(25)20(15-22(17)28)26-13-12-21(27)16-10-8-9-11-19(16)26/h8-12,14-15,27-28H,6-7,13H2,1-5H3. The number of halogens is 1. The van der Waals surface area contributed by atoms with E-state index < -0.39 is 0 Å². The number of para-hydroxylation sites is 1. The molecule has 0 bridgehead atoms. The van der Waals surface area contributed by atoms with Crippen LogP contribution in [0.4, 0.5) is 15.8 Å². The second-order valence-corrected chi connectivity index (χ2v) is 8.58. The summed E-state index contributed by atoms with van der Waals surface area (Å²) in [5.74, 6) is -0.0592. The molecule has 0 unspecified atom stereocenters. The Morgan fingerprint density at radius 1 is 1.00 bits per heavy atom. The lowest BCUT2D eigenvalue weighted by molar-refractivity contribution is 0.162. The van der Waals surface area contributed by atoms with Gasteiger partial charge in [0.05, 0.1) is 11.4 Å². The monoisotopic (exact) mass is 383 g/mol. The molecule has 0 amide bonds. The van der Waals surface area contributed by atoms with E-state index in [2.05, 4.69) is 34.6 Å². The Morgan fingerprint density at radius 3 is 2.25 bits per heavy atom. The van der Waals surface area contributed by atoms with Gasteiger partial charge < -0.3 is 15.1 Å². The molecule has 0 fully saturated rings. The van der Waals surface area contributed by atoms with E-state index in [1.807, 2.05) is 18.2 Å². The van der Waals surface area contributed by atoms with Gasteiger partial charge >= 0.3 is 0 Å². The molecule has 0 saturated heterocycles. The first-order chi connectivity index (χ1) is 13.2. The van der Waals surface area contributed by atoms with E-state index >= 15 is 4.39 Å². The number of hydrogen-bond acceptors (Lipinski definition) is 3. The van der Waals surface area contributed by atoms with Crippen molar-refractivity contribution in [2.24, 2.45) is 5.41 Å². The average molecular weight is 384 g/mol. The number of aliphatic hydroxyl groups excluding tert-OH is 1. The Morgan fingerprint density at radius 2 is 1.64 bits per heavy atom. The average Bonchev–Trinajstić information content (AvgIpc) is 2.65. The van der Waals surface area contributed by atoms with Crippen LogP contribution in [0, 0.1) is 11.2 Å². The van der Waals surface area contributed by atoms with Gasteiger partial charge in [0, 0.05) is 29.2 Å². The molecular formula is C24H30FNO2. The molecule has 1 heterocycles. The fourth-order valence-electron chi connectivity index (χ4n) is 4.78. The number of benzene rings is 2. The zero-order valence-corrected chi connectivity index (χ0v) is 17.4. The molecule has 28 heavy (non-hydrogen) atoms. The number of aromatic hydroxyl groups is 1. The van der Waals surface area contributed by atoms with Crippen LogP contribution in [-0.4, -0.2) is 16.8 Å².